The van der Waals surface area contributed by atoms with Crippen molar-refractivity contribution in [1.29, 1.82) is 0 Å². The van der Waals surface area contributed by atoms with Gasteiger partial charge in [0.05, 0.1) is 33.9 Å². The summed E-state index contributed by atoms with van der Waals surface area (Å²) in [6, 6.07) is 0. The van der Waals surface area contributed by atoms with E-state index in [1.807, 2.05) is 33.3 Å². The van der Waals surface area contributed by atoms with Crippen LogP contribution in [0.3, 0.4) is 0 Å². The molecule has 0 radical (unpaired) electrons. The fraction of sp³-hybridized carbons (Fsp3) is 0.840. The molecular formula is C50H94NO9P. The normalized spacial score (nSPS) is 14.3. The Morgan fingerprint density at radius 3 is 1.62 bits per heavy atom. The Labute approximate surface area is 374 Å². The number of phosphoric acid groups is 1. The molecule has 61 heavy (non-hydrogen) atoms. The van der Waals surface area contributed by atoms with E-state index >= 15 is 0 Å². The van der Waals surface area contributed by atoms with Crippen LogP contribution in [0.1, 0.15) is 213 Å². The molecule has 0 bridgehead atoms. The Bertz CT molecular complexity index is 1150. The molecule has 0 saturated heterocycles. The van der Waals surface area contributed by atoms with E-state index in [4.69, 9.17) is 18.5 Å². The summed E-state index contributed by atoms with van der Waals surface area (Å²) in [4.78, 5) is 37.7. The van der Waals surface area contributed by atoms with Crippen LogP contribution in [0.15, 0.2) is 36.5 Å². The Morgan fingerprint density at radius 2 is 1.10 bits per heavy atom. The Balaban J connectivity index is 4.42. The van der Waals surface area contributed by atoms with Crippen molar-refractivity contribution in [2.24, 2.45) is 0 Å². The molecule has 2 unspecified atom stereocenters. The van der Waals surface area contributed by atoms with E-state index in [1.165, 1.54) is 135 Å². The molecule has 0 amide bonds. The molecule has 0 saturated carbocycles. The third-order valence-electron chi connectivity index (χ3n) is 10.8. The molecule has 0 aromatic heterocycles. The third-order valence-corrected chi connectivity index (χ3v) is 11.7. The predicted molar refractivity (Wildman–Crippen MR) is 251 cm³/mol. The van der Waals surface area contributed by atoms with E-state index in [1.54, 1.807) is 12.2 Å². The van der Waals surface area contributed by atoms with Crippen LogP contribution in [-0.4, -0.2) is 81.2 Å². The van der Waals surface area contributed by atoms with E-state index in [0.29, 0.717) is 30.3 Å². The number of phosphoric ester groups is 1. The minimum atomic E-state index is -4.68. The number of allylic oxidation sites excluding steroid dienone is 5. The zero-order valence-corrected chi connectivity index (χ0v) is 40.9. The van der Waals surface area contributed by atoms with Crippen LogP contribution in [0.4, 0.5) is 0 Å². The summed E-state index contributed by atoms with van der Waals surface area (Å²) in [7, 11) is 1.06. The molecule has 358 valence electrons. The molecule has 3 atom stereocenters. The van der Waals surface area contributed by atoms with Gasteiger partial charge in [-0.3, -0.25) is 14.2 Å². The van der Waals surface area contributed by atoms with Crippen molar-refractivity contribution >= 4 is 19.8 Å². The topological polar surface area (TPSA) is 131 Å². The number of rotatable bonds is 45. The van der Waals surface area contributed by atoms with Gasteiger partial charge < -0.3 is 33.0 Å². The van der Waals surface area contributed by atoms with Gasteiger partial charge in [-0.15, -0.1) is 0 Å². The van der Waals surface area contributed by atoms with Crippen LogP contribution in [0.2, 0.25) is 0 Å². The van der Waals surface area contributed by atoms with E-state index < -0.39 is 38.6 Å². The SMILES string of the molecule is CCCCCCCC/C=C/C/C=C/C=C/C(O)CCCC(=O)O[C@H](COC(=O)CCCCCCCCCCCCCCCCCCCCC)COP(=O)([O-])OCC[N+](C)(C)C. The summed E-state index contributed by atoms with van der Waals surface area (Å²) in [6.07, 6.45) is 44.9. The van der Waals surface area contributed by atoms with Crippen molar-refractivity contribution in [3.8, 4) is 0 Å². The van der Waals surface area contributed by atoms with Crippen molar-refractivity contribution in [3.05, 3.63) is 36.5 Å². The summed E-state index contributed by atoms with van der Waals surface area (Å²) in [5, 5.41) is 10.3. The molecule has 0 aliphatic heterocycles. The summed E-state index contributed by atoms with van der Waals surface area (Å²) < 4.78 is 33.8. The first-order chi connectivity index (χ1) is 29.4. The number of esters is 2. The maximum Gasteiger partial charge on any atom is 0.306 e. The molecule has 0 heterocycles. The molecule has 0 aromatic carbocycles. The highest BCUT2D eigenvalue weighted by molar-refractivity contribution is 7.45. The van der Waals surface area contributed by atoms with Crippen LogP contribution in [0, 0.1) is 0 Å². The van der Waals surface area contributed by atoms with Gasteiger partial charge >= 0.3 is 11.9 Å². The molecule has 10 nitrogen and oxygen atoms in total. The van der Waals surface area contributed by atoms with Gasteiger partial charge in [0.1, 0.15) is 19.8 Å². The number of nitrogens with zero attached hydrogens (tertiary/aromatic N) is 1. The highest BCUT2D eigenvalue weighted by atomic mass is 31.2. The van der Waals surface area contributed by atoms with Gasteiger partial charge in [0.15, 0.2) is 6.10 Å². The number of hydrogen-bond acceptors (Lipinski definition) is 9. The van der Waals surface area contributed by atoms with E-state index in [-0.39, 0.29) is 26.1 Å². The largest absolute Gasteiger partial charge is 0.756 e. The van der Waals surface area contributed by atoms with Gasteiger partial charge in [-0.2, -0.15) is 0 Å². The quantitative estimate of drug-likeness (QED) is 0.0159. The van der Waals surface area contributed by atoms with Crippen molar-refractivity contribution in [2.75, 3.05) is 47.5 Å². The number of unbranched alkanes of at least 4 members (excludes halogenated alkanes) is 24. The summed E-state index contributed by atoms with van der Waals surface area (Å²) in [5.74, 6) is -1.02. The first-order valence-corrected chi connectivity index (χ1v) is 26.3. The fourth-order valence-electron chi connectivity index (χ4n) is 6.84. The Kier molecular flexibility index (Phi) is 40.9. The monoisotopic (exact) mass is 884 g/mol. The zero-order valence-electron chi connectivity index (χ0n) is 40.0. The molecule has 0 spiro atoms. The molecule has 1 N–H and O–H groups in total. The van der Waals surface area contributed by atoms with Gasteiger partial charge in [-0.1, -0.05) is 198 Å². The van der Waals surface area contributed by atoms with Crippen molar-refractivity contribution < 1.29 is 47.2 Å². The smallest absolute Gasteiger partial charge is 0.306 e. The first kappa shape index (κ1) is 59.2. The van der Waals surface area contributed by atoms with Gasteiger partial charge in [0, 0.05) is 12.8 Å². The summed E-state index contributed by atoms with van der Waals surface area (Å²) in [6.45, 7) is 4.03. The lowest BCUT2D eigenvalue weighted by molar-refractivity contribution is -0.870. The van der Waals surface area contributed by atoms with E-state index in [9.17, 15) is 24.2 Å². The number of aliphatic hydroxyl groups is 1. The maximum atomic E-state index is 12.7. The van der Waals surface area contributed by atoms with Crippen LogP contribution >= 0.6 is 7.82 Å². The number of quaternary nitrogens is 1. The zero-order chi connectivity index (χ0) is 45.1. The lowest BCUT2D eigenvalue weighted by Crippen LogP contribution is -2.37. The number of hydrogen-bond donors (Lipinski definition) is 1. The van der Waals surface area contributed by atoms with Crippen molar-refractivity contribution in [1.82, 2.24) is 0 Å². The number of likely N-dealkylation sites (N-methyl/N-ethyl adjacent to an activating group) is 1. The second-order valence-electron chi connectivity index (χ2n) is 18.0. The lowest BCUT2D eigenvalue weighted by Gasteiger charge is -2.28. The summed E-state index contributed by atoms with van der Waals surface area (Å²) in [5.41, 5.74) is 0. The second-order valence-corrected chi connectivity index (χ2v) is 19.4. The average Bonchev–Trinajstić information content (AvgIpc) is 3.21. The minimum Gasteiger partial charge on any atom is -0.756 e. The van der Waals surface area contributed by atoms with Crippen LogP contribution < -0.4 is 4.89 Å². The van der Waals surface area contributed by atoms with Crippen LogP contribution in [-0.2, 0) is 32.7 Å². The van der Waals surface area contributed by atoms with Gasteiger partial charge in [0.2, 0.25) is 0 Å². The average molecular weight is 884 g/mol. The second kappa shape index (κ2) is 42.2. The number of carbonyl (C=O) groups is 2. The number of ether oxygens (including phenoxy) is 2. The molecule has 0 aliphatic rings. The number of carbonyl (C=O) groups excluding carboxylic acids is 2. The molecule has 0 aliphatic carbocycles. The molecule has 0 fully saturated rings. The first-order valence-electron chi connectivity index (χ1n) is 24.8. The Morgan fingerprint density at radius 1 is 0.607 bits per heavy atom. The molecule has 0 aromatic rings. The molecular weight excluding hydrogens is 790 g/mol. The number of aliphatic hydroxyl groups excluding tert-OH is 1. The summed E-state index contributed by atoms with van der Waals surface area (Å²) >= 11 is 0. The van der Waals surface area contributed by atoms with E-state index in [2.05, 4.69) is 26.0 Å². The van der Waals surface area contributed by atoms with Gasteiger partial charge in [-0.05, 0) is 38.5 Å². The third kappa shape index (κ3) is 46.0. The standard InChI is InChI=1S/C50H94NO9P/c1-6-8-10-12-14-16-18-20-21-22-23-24-25-27-29-31-33-35-37-41-49(53)57-45-48(46-59-61(55,56)58-44-43-51(3,4)5)60-50(54)42-38-40-47(52)39-36-34-32-30-28-26-19-17-15-13-11-9-7-2/h26,28,32,34,36,39,47-48,52H,6-25,27,29-31,33,35,37-38,40-46H2,1-5H3/b28-26+,34-32+,39-36+/t47?,48-/m1/s1. The predicted octanol–water partition coefficient (Wildman–Crippen LogP) is 12.8. The Hall–Kier alpha value is -1.81. The van der Waals surface area contributed by atoms with Gasteiger partial charge in [0.25, 0.3) is 7.82 Å². The van der Waals surface area contributed by atoms with Crippen molar-refractivity contribution in [3.63, 3.8) is 0 Å². The maximum absolute atomic E-state index is 12.7. The molecule has 0 rings (SSSR count). The van der Waals surface area contributed by atoms with Crippen LogP contribution in [0.25, 0.3) is 0 Å². The van der Waals surface area contributed by atoms with Crippen molar-refractivity contribution in [2.45, 2.75) is 225 Å². The van der Waals surface area contributed by atoms with Crippen LogP contribution in [0.5, 0.6) is 0 Å². The minimum absolute atomic E-state index is 0.00295. The fourth-order valence-corrected chi connectivity index (χ4v) is 7.57. The van der Waals surface area contributed by atoms with Gasteiger partial charge in [-0.25, -0.2) is 0 Å². The molecule has 11 heteroatoms. The van der Waals surface area contributed by atoms with E-state index in [0.717, 1.165) is 32.1 Å². The highest BCUT2D eigenvalue weighted by Gasteiger charge is 2.22. The highest BCUT2D eigenvalue weighted by Crippen LogP contribution is 2.38. The lowest BCUT2D eigenvalue weighted by atomic mass is 10.0.